The van der Waals surface area contributed by atoms with Crippen molar-refractivity contribution in [1.29, 1.82) is 0 Å². The Bertz CT molecular complexity index is 1750. The zero-order valence-corrected chi connectivity index (χ0v) is 26.0. The predicted molar refractivity (Wildman–Crippen MR) is 172 cm³/mol. The molecule has 5 heterocycles. The Balaban J connectivity index is 1.03. The van der Waals surface area contributed by atoms with Crippen LogP contribution in [0.3, 0.4) is 0 Å². The standard InChI is InChI=1S/C33H39N7O2S/c1-33(2,3)28-18-29(37-42-28)36-31(41)34-24-11-8-22(9-12-24)26-21-40-30-25-20-39(17-7-16-38-14-5-4-6-15-38)19-23(25)10-13-27(30)43-32(40)35-26/h8-9,11-12,18-21H,4-7,10,13-17H2,1-3H3,(H2,34,36,37,41). The molecule has 0 radical (unpaired) electrons. The molecule has 9 nitrogen and oxygen atoms in total. The summed E-state index contributed by atoms with van der Waals surface area (Å²) in [5.74, 6) is 1.10. The maximum Gasteiger partial charge on any atom is 0.324 e. The maximum absolute atomic E-state index is 12.5. The number of thiazole rings is 1. The van der Waals surface area contributed by atoms with E-state index in [-0.39, 0.29) is 11.4 Å². The van der Waals surface area contributed by atoms with Gasteiger partial charge < -0.3 is 19.3 Å². The van der Waals surface area contributed by atoms with Crippen LogP contribution in [0.1, 0.15) is 62.7 Å². The number of nitrogens with zero attached hydrogens (tertiary/aromatic N) is 5. The van der Waals surface area contributed by atoms with E-state index in [0.717, 1.165) is 35.6 Å². The molecule has 2 aliphatic rings. The second kappa shape index (κ2) is 11.3. The van der Waals surface area contributed by atoms with Gasteiger partial charge in [0.25, 0.3) is 0 Å². The summed E-state index contributed by atoms with van der Waals surface area (Å²) in [4.78, 5) is 22.6. The van der Waals surface area contributed by atoms with Gasteiger partial charge >= 0.3 is 6.03 Å². The van der Waals surface area contributed by atoms with Crippen LogP contribution in [-0.4, -0.2) is 49.7 Å². The summed E-state index contributed by atoms with van der Waals surface area (Å²) < 4.78 is 10.0. The quantitative estimate of drug-likeness (QED) is 0.203. The van der Waals surface area contributed by atoms with Crippen molar-refractivity contribution >= 4 is 33.8 Å². The predicted octanol–water partition coefficient (Wildman–Crippen LogP) is 7.44. The molecule has 224 valence electrons. The molecule has 1 aromatic carbocycles. The van der Waals surface area contributed by atoms with E-state index >= 15 is 0 Å². The minimum absolute atomic E-state index is 0.181. The molecule has 0 saturated carbocycles. The first-order valence-electron chi connectivity index (χ1n) is 15.4. The van der Waals surface area contributed by atoms with Crippen LogP contribution in [0.5, 0.6) is 0 Å². The van der Waals surface area contributed by atoms with Crippen LogP contribution in [-0.2, 0) is 24.8 Å². The van der Waals surface area contributed by atoms with Crippen LogP contribution >= 0.6 is 11.3 Å². The number of carbonyl (C=O) groups is 1. The van der Waals surface area contributed by atoms with Gasteiger partial charge in [0.1, 0.15) is 5.76 Å². The number of benzene rings is 1. The Morgan fingerprint density at radius 3 is 2.58 bits per heavy atom. The highest BCUT2D eigenvalue weighted by atomic mass is 32.1. The fraction of sp³-hybridized carbons (Fsp3) is 0.424. The number of nitrogens with one attached hydrogen (secondary N) is 2. The first-order chi connectivity index (χ1) is 20.8. The van der Waals surface area contributed by atoms with Gasteiger partial charge in [0.15, 0.2) is 10.8 Å². The van der Waals surface area contributed by atoms with Gasteiger partial charge in [-0.2, -0.15) is 0 Å². The van der Waals surface area contributed by atoms with E-state index in [1.807, 2.05) is 45.0 Å². The fourth-order valence-corrected chi connectivity index (χ4v) is 7.29. The molecule has 7 rings (SSSR count). The highest BCUT2D eigenvalue weighted by Gasteiger charge is 2.25. The van der Waals surface area contributed by atoms with Crippen LogP contribution in [0.4, 0.5) is 16.3 Å². The number of piperidine rings is 1. The van der Waals surface area contributed by atoms with Gasteiger partial charge in [0, 0.05) is 58.3 Å². The number of amides is 2. The topological polar surface area (TPSA) is 92.6 Å². The molecule has 0 spiro atoms. The monoisotopic (exact) mass is 597 g/mol. The number of urea groups is 1. The van der Waals surface area contributed by atoms with Crippen LogP contribution < -0.4 is 10.6 Å². The molecule has 1 aliphatic heterocycles. The lowest BCUT2D eigenvalue weighted by Gasteiger charge is -2.26. The summed E-state index contributed by atoms with van der Waals surface area (Å²) >= 11 is 1.80. The van der Waals surface area contributed by atoms with Crippen molar-refractivity contribution in [3.8, 4) is 22.5 Å². The second-order valence-corrected chi connectivity index (χ2v) is 13.9. The summed E-state index contributed by atoms with van der Waals surface area (Å²) in [5, 5.41) is 9.55. The fourth-order valence-electron chi connectivity index (χ4n) is 6.17. The number of hydrogen-bond acceptors (Lipinski definition) is 6. The molecule has 10 heteroatoms. The highest BCUT2D eigenvalue weighted by molar-refractivity contribution is 7.17. The first kappa shape index (κ1) is 27.9. The summed E-state index contributed by atoms with van der Waals surface area (Å²) in [6.45, 7) is 10.9. The van der Waals surface area contributed by atoms with Gasteiger partial charge in [-0.1, -0.05) is 44.5 Å². The number of rotatable bonds is 7. The molecule has 4 aromatic heterocycles. The number of aromatic nitrogens is 4. The van der Waals surface area contributed by atoms with E-state index in [9.17, 15) is 4.79 Å². The van der Waals surface area contributed by atoms with Gasteiger partial charge in [0.05, 0.1) is 11.4 Å². The molecular formula is C33H39N7O2S. The molecule has 2 amide bonds. The zero-order chi connectivity index (χ0) is 29.6. The molecule has 1 aliphatic carbocycles. The van der Waals surface area contributed by atoms with Gasteiger partial charge in [0.2, 0.25) is 0 Å². The average Bonchev–Trinajstić information content (AvgIpc) is 3.76. The molecule has 43 heavy (non-hydrogen) atoms. The van der Waals surface area contributed by atoms with Gasteiger partial charge in [-0.3, -0.25) is 9.72 Å². The van der Waals surface area contributed by atoms with E-state index in [1.165, 1.54) is 67.0 Å². The van der Waals surface area contributed by atoms with Gasteiger partial charge in [-0.15, -0.1) is 11.3 Å². The van der Waals surface area contributed by atoms with Crippen molar-refractivity contribution in [2.45, 2.75) is 71.3 Å². The largest absolute Gasteiger partial charge is 0.359 e. The van der Waals surface area contributed by atoms with E-state index in [2.05, 4.69) is 48.2 Å². The number of carbonyl (C=O) groups excluding carboxylic acids is 1. The third-order valence-electron chi connectivity index (χ3n) is 8.50. The number of aryl methyl sites for hydroxylation is 3. The number of imidazole rings is 1. The Hall–Kier alpha value is -3.89. The Morgan fingerprint density at radius 2 is 1.81 bits per heavy atom. The average molecular weight is 598 g/mol. The van der Waals surface area contributed by atoms with Crippen LogP contribution in [0.15, 0.2) is 53.4 Å². The van der Waals surface area contributed by atoms with Crippen molar-refractivity contribution in [3.63, 3.8) is 0 Å². The van der Waals surface area contributed by atoms with E-state index < -0.39 is 0 Å². The van der Waals surface area contributed by atoms with Crippen molar-refractivity contribution in [2.24, 2.45) is 0 Å². The molecule has 0 unspecified atom stereocenters. The SMILES string of the molecule is CC(C)(C)c1cc(NC(=O)Nc2ccc(-c3cn4c5c(sc4n3)CCc3cn(CCCN4CCCCC4)cc3-5)cc2)no1. The number of hydrogen-bond donors (Lipinski definition) is 2. The summed E-state index contributed by atoms with van der Waals surface area (Å²) in [7, 11) is 0. The highest BCUT2D eigenvalue weighted by Crippen LogP contribution is 2.40. The third-order valence-corrected chi connectivity index (χ3v) is 9.62. The maximum atomic E-state index is 12.5. The lowest BCUT2D eigenvalue weighted by Crippen LogP contribution is -2.31. The molecule has 1 saturated heterocycles. The third kappa shape index (κ3) is 5.86. The smallest absolute Gasteiger partial charge is 0.324 e. The normalized spacial score (nSPS) is 15.4. The molecule has 5 aromatic rings. The molecule has 2 N–H and O–H groups in total. The minimum Gasteiger partial charge on any atom is -0.359 e. The lowest BCUT2D eigenvalue weighted by atomic mass is 9.93. The van der Waals surface area contributed by atoms with E-state index in [4.69, 9.17) is 9.51 Å². The number of anilines is 2. The van der Waals surface area contributed by atoms with E-state index in [1.54, 1.807) is 17.4 Å². The zero-order valence-electron chi connectivity index (χ0n) is 25.2. The van der Waals surface area contributed by atoms with Gasteiger partial charge in [-0.25, -0.2) is 9.78 Å². The number of likely N-dealkylation sites (tertiary alicyclic amines) is 1. The van der Waals surface area contributed by atoms with Crippen molar-refractivity contribution in [2.75, 3.05) is 30.3 Å². The van der Waals surface area contributed by atoms with Crippen LogP contribution in [0, 0.1) is 0 Å². The Kier molecular flexibility index (Phi) is 7.34. The first-order valence-corrected chi connectivity index (χ1v) is 16.2. The van der Waals surface area contributed by atoms with Crippen molar-refractivity contribution < 1.29 is 9.32 Å². The second-order valence-electron chi connectivity index (χ2n) is 12.8. The van der Waals surface area contributed by atoms with Crippen molar-refractivity contribution in [3.05, 3.63) is 65.1 Å². The Labute approximate surface area is 255 Å². The van der Waals surface area contributed by atoms with E-state index in [0.29, 0.717) is 17.3 Å². The Morgan fingerprint density at radius 1 is 1.00 bits per heavy atom. The van der Waals surface area contributed by atoms with Crippen LogP contribution in [0.2, 0.25) is 0 Å². The lowest BCUT2D eigenvalue weighted by molar-refractivity contribution is 0.223. The molecular weight excluding hydrogens is 558 g/mol. The van der Waals surface area contributed by atoms with Gasteiger partial charge in [-0.05, 0) is 69.4 Å². The molecule has 0 bridgehead atoms. The molecule has 1 fully saturated rings. The van der Waals surface area contributed by atoms with Crippen LogP contribution in [0.25, 0.3) is 27.5 Å². The minimum atomic E-state index is -0.370. The number of fused-ring (bicyclic) bond motifs is 5. The summed E-state index contributed by atoms with van der Waals surface area (Å²) in [6.07, 6.45) is 14.3. The summed E-state index contributed by atoms with van der Waals surface area (Å²) in [6, 6.07) is 9.15. The summed E-state index contributed by atoms with van der Waals surface area (Å²) in [5.41, 5.74) is 6.53. The van der Waals surface area contributed by atoms with Crippen molar-refractivity contribution in [1.82, 2.24) is 24.0 Å². The molecule has 0 atom stereocenters.